The van der Waals surface area contributed by atoms with Crippen molar-refractivity contribution in [3.05, 3.63) is 125 Å². The zero-order valence-corrected chi connectivity index (χ0v) is 30.0. The molecule has 260 valence electrons. The summed E-state index contributed by atoms with van der Waals surface area (Å²) in [4.78, 5) is 43.5. The predicted molar refractivity (Wildman–Crippen MR) is 203 cm³/mol. The van der Waals surface area contributed by atoms with E-state index < -0.39 is 12.0 Å². The van der Waals surface area contributed by atoms with E-state index in [1.807, 2.05) is 85.8 Å². The minimum absolute atomic E-state index is 0.0828. The minimum atomic E-state index is -0.959. The average molecular weight is 691 g/mol. The SMILES string of the molecule is CCCc1nc2c(C)cc(C(=O)N[C@@H](CSC(=O)[C@@H](N)Cc3ccccc3)CC(C)C)cc2n1Cc1ccc(-c2ccccc2C(=O)O)cc1. The van der Waals surface area contributed by atoms with E-state index in [4.69, 9.17) is 10.7 Å². The summed E-state index contributed by atoms with van der Waals surface area (Å²) >= 11 is 1.19. The lowest BCUT2D eigenvalue weighted by molar-refractivity contribution is -0.112. The predicted octanol–water partition coefficient (Wildman–Crippen LogP) is 7.69. The van der Waals surface area contributed by atoms with Crippen molar-refractivity contribution in [2.24, 2.45) is 11.7 Å². The van der Waals surface area contributed by atoms with Gasteiger partial charge < -0.3 is 20.7 Å². The number of carbonyl (C=O) groups excluding carboxylic acids is 2. The number of thioether (sulfide) groups is 1. The van der Waals surface area contributed by atoms with E-state index in [9.17, 15) is 19.5 Å². The lowest BCUT2D eigenvalue weighted by Crippen LogP contribution is -2.39. The van der Waals surface area contributed by atoms with Crippen molar-refractivity contribution < 1.29 is 19.5 Å². The Bertz CT molecular complexity index is 1950. The molecular formula is C41H46N4O4S. The van der Waals surface area contributed by atoms with Gasteiger partial charge in [-0.05, 0) is 78.1 Å². The van der Waals surface area contributed by atoms with Crippen LogP contribution in [0.15, 0.2) is 91.0 Å². The summed E-state index contributed by atoms with van der Waals surface area (Å²) in [6.45, 7) is 8.86. The zero-order valence-electron chi connectivity index (χ0n) is 29.2. The first-order valence-corrected chi connectivity index (χ1v) is 18.2. The molecule has 0 saturated carbocycles. The van der Waals surface area contributed by atoms with Crippen molar-refractivity contribution >= 4 is 39.8 Å². The Labute approximate surface area is 298 Å². The molecule has 9 heteroatoms. The van der Waals surface area contributed by atoms with Crippen LogP contribution in [0.4, 0.5) is 0 Å². The number of benzene rings is 4. The van der Waals surface area contributed by atoms with Crippen molar-refractivity contribution in [1.82, 2.24) is 14.9 Å². The molecule has 50 heavy (non-hydrogen) atoms. The second-order valence-corrected chi connectivity index (χ2v) is 14.3. The summed E-state index contributed by atoms with van der Waals surface area (Å²) in [5.41, 5.74) is 13.3. The van der Waals surface area contributed by atoms with Crippen molar-refractivity contribution in [2.45, 2.75) is 72.0 Å². The molecule has 2 atom stereocenters. The first-order chi connectivity index (χ1) is 24.0. The number of hydrogen-bond donors (Lipinski definition) is 3. The van der Waals surface area contributed by atoms with Crippen LogP contribution >= 0.6 is 11.8 Å². The summed E-state index contributed by atoms with van der Waals surface area (Å²) in [6.07, 6.45) is 2.91. The average Bonchev–Trinajstić information content (AvgIpc) is 3.44. The molecule has 0 bridgehead atoms. The largest absolute Gasteiger partial charge is 0.478 e. The number of amides is 1. The van der Waals surface area contributed by atoms with Crippen LogP contribution < -0.4 is 11.1 Å². The van der Waals surface area contributed by atoms with E-state index in [0.29, 0.717) is 35.8 Å². The van der Waals surface area contributed by atoms with Gasteiger partial charge >= 0.3 is 5.97 Å². The van der Waals surface area contributed by atoms with Crippen LogP contribution in [-0.4, -0.2) is 49.5 Å². The maximum atomic E-state index is 13.8. The van der Waals surface area contributed by atoms with Crippen molar-refractivity contribution in [3.8, 4) is 11.1 Å². The molecule has 1 aromatic heterocycles. The van der Waals surface area contributed by atoms with Gasteiger partial charge in [0.15, 0.2) is 0 Å². The molecule has 0 aliphatic carbocycles. The van der Waals surface area contributed by atoms with Gasteiger partial charge in [-0.15, -0.1) is 0 Å². The highest BCUT2D eigenvalue weighted by Gasteiger charge is 2.22. The van der Waals surface area contributed by atoms with Crippen molar-refractivity contribution in [3.63, 3.8) is 0 Å². The molecule has 5 rings (SSSR count). The smallest absolute Gasteiger partial charge is 0.336 e. The lowest BCUT2D eigenvalue weighted by Gasteiger charge is -2.21. The first-order valence-electron chi connectivity index (χ1n) is 17.2. The summed E-state index contributed by atoms with van der Waals surface area (Å²) in [5, 5.41) is 12.8. The van der Waals surface area contributed by atoms with Gasteiger partial charge in [-0.3, -0.25) is 9.59 Å². The van der Waals surface area contributed by atoms with Crippen molar-refractivity contribution in [1.29, 1.82) is 0 Å². The standard InChI is InChI=1S/C41H46N4O4S/c1-5-11-37-44-38-27(4)21-31(39(46)43-32(20-26(2)3)25-50-41(49)35(42)22-28-12-7-6-8-13-28)23-36(38)45(37)24-29-16-18-30(19-17-29)33-14-9-10-15-34(33)40(47)48/h6-10,12-19,21,23,26,32,35H,5,11,20,22,24-25,42H2,1-4H3,(H,43,46)(H,47,48)/t32-,35+/m1/s1. The van der Waals surface area contributed by atoms with Gasteiger partial charge in [0.25, 0.3) is 5.91 Å². The molecule has 1 heterocycles. The third-order valence-electron chi connectivity index (χ3n) is 8.74. The van der Waals surface area contributed by atoms with Gasteiger partial charge in [-0.2, -0.15) is 0 Å². The highest BCUT2D eigenvalue weighted by Crippen LogP contribution is 2.27. The molecule has 8 nitrogen and oxygen atoms in total. The minimum Gasteiger partial charge on any atom is -0.478 e. The maximum absolute atomic E-state index is 13.8. The molecule has 0 radical (unpaired) electrons. The topological polar surface area (TPSA) is 127 Å². The summed E-state index contributed by atoms with van der Waals surface area (Å²) in [5.74, 6) is 0.564. The number of carboxylic acids is 1. The number of aromatic nitrogens is 2. The number of imidazole rings is 1. The Hall–Kier alpha value is -4.73. The Balaban J connectivity index is 1.35. The number of hydrogen-bond acceptors (Lipinski definition) is 6. The van der Waals surface area contributed by atoms with Crippen LogP contribution in [0.5, 0.6) is 0 Å². The van der Waals surface area contributed by atoms with Crippen LogP contribution in [0.3, 0.4) is 0 Å². The fraction of sp³-hybridized carbons (Fsp3) is 0.317. The number of carboxylic acid groups (broad SMARTS) is 1. The summed E-state index contributed by atoms with van der Waals surface area (Å²) < 4.78 is 2.18. The molecule has 0 spiro atoms. The molecule has 4 N–H and O–H groups in total. The number of fused-ring (bicyclic) bond motifs is 1. The second kappa shape index (κ2) is 16.8. The van der Waals surface area contributed by atoms with Crippen LogP contribution in [0, 0.1) is 12.8 Å². The number of carbonyl (C=O) groups is 3. The number of aryl methyl sites for hydroxylation is 2. The molecule has 0 unspecified atom stereocenters. The van der Waals surface area contributed by atoms with Gasteiger partial charge in [0.2, 0.25) is 5.12 Å². The van der Waals surface area contributed by atoms with Crippen LogP contribution in [0.2, 0.25) is 0 Å². The van der Waals surface area contributed by atoms with Crippen LogP contribution in [0.25, 0.3) is 22.2 Å². The Morgan fingerprint density at radius 2 is 1.64 bits per heavy atom. The monoisotopic (exact) mass is 690 g/mol. The van der Waals surface area contributed by atoms with Gasteiger partial charge in [0.1, 0.15) is 5.82 Å². The van der Waals surface area contributed by atoms with Crippen LogP contribution in [-0.2, 0) is 24.2 Å². The van der Waals surface area contributed by atoms with Gasteiger partial charge in [-0.25, -0.2) is 9.78 Å². The Morgan fingerprint density at radius 3 is 2.32 bits per heavy atom. The normalized spacial score (nSPS) is 12.6. The van der Waals surface area contributed by atoms with E-state index in [1.54, 1.807) is 12.1 Å². The highest BCUT2D eigenvalue weighted by atomic mass is 32.2. The fourth-order valence-corrected chi connectivity index (χ4v) is 7.19. The highest BCUT2D eigenvalue weighted by molar-refractivity contribution is 8.13. The van der Waals surface area contributed by atoms with E-state index in [-0.39, 0.29) is 22.6 Å². The van der Waals surface area contributed by atoms with E-state index in [1.165, 1.54) is 11.8 Å². The van der Waals surface area contributed by atoms with Crippen molar-refractivity contribution in [2.75, 3.05) is 5.75 Å². The van der Waals surface area contributed by atoms with Crippen LogP contribution in [0.1, 0.15) is 76.8 Å². The Morgan fingerprint density at radius 1 is 0.940 bits per heavy atom. The zero-order chi connectivity index (χ0) is 35.8. The molecule has 0 aliphatic heterocycles. The molecule has 5 aromatic rings. The third-order valence-corrected chi connectivity index (χ3v) is 9.90. The maximum Gasteiger partial charge on any atom is 0.336 e. The quantitative estimate of drug-likeness (QED) is 0.103. The number of rotatable bonds is 15. The molecule has 4 aromatic carbocycles. The third kappa shape index (κ3) is 9.08. The number of aromatic carboxylic acids is 1. The number of nitrogens with zero attached hydrogens (tertiary/aromatic N) is 2. The second-order valence-electron chi connectivity index (χ2n) is 13.3. The molecule has 1 amide bonds. The van der Waals surface area contributed by atoms with Gasteiger partial charge in [-0.1, -0.05) is 105 Å². The summed E-state index contributed by atoms with van der Waals surface area (Å²) in [7, 11) is 0. The number of nitrogens with one attached hydrogen (secondary N) is 1. The molecule has 0 fully saturated rings. The Kier molecular flexibility index (Phi) is 12.3. The van der Waals surface area contributed by atoms with Gasteiger partial charge in [0.05, 0.1) is 22.6 Å². The van der Waals surface area contributed by atoms with E-state index in [0.717, 1.165) is 58.4 Å². The lowest BCUT2D eigenvalue weighted by atomic mass is 9.98. The summed E-state index contributed by atoms with van der Waals surface area (Å²) in [6, 6.07) is 27.7. The number of nitrogens with two attached hydrogens (primary N) is 1. The first kappa shape index (κ1) is 36.5. The molecule has 0 saturated heterocycles. The van der Waals surface area contributed by atoms with E-state index in [2.05, 4.69) is 30.7 Å². The molecular weight excluding hydrogens is 645 g/mol. The van der Waals surface area contributed by atoms with E-state index >= 15 is 0 Å². The van der Waals surface area contributed by atoms with Gasteiger partial charge in [0, 0.05) is 30.3 Å². The molecule has 0 aliphatic rings. The fourth-order valence-electron chi connectivity index (χ4n) is 6.30.